The van der Waals surface area contributed by atoms with Gasteiger partial charge in [0.15, 0.2) is 0 Å². The molecule has 4 nitrogen and oxygen atoms in total. The minimum atomic E-state index is 0.554. The topological polar surface area (TPSA) is 55.0 Å². The Bertz CT molecular complexity index is 256. The van der Waals surface area contributed by atoms with Gasteiger partial charge in [-0.1, -0.05) is 18.5 Å². The summed E-state index contributed by atoms with van der Waals surface area (Å²) >= 11 is 5.70. The zero-order chi connectivity index (χ0) is 10.4. The number of aromatic nitrogens is 2. The smallest absolute Gasteiger partial charge is 0.225 e. The van der Waals surface area contributed by atoms with Crippen LogP contribution in [0.1, 0.15) is 13.3 Å². The lowest BCUT2D eigenvalue weighted by molar-refractivity contribution is 0.737. The average Bonchev–Trinajstić information content (AvgIpc) is 2.19. The van der Waals surface area contributed by atoms with E-state index in [0.717, 1.165) is 19.5 Å². The van der Waals surface area contributed by atoms with Crippen molar-refractivity contribution in [2.45, 2.75) is 13.3 Å². The SMILES string of the molecule is CCCN(CCN)c1ncc(Cl)cn1. The van der Waals surface area contributed by atoms with Gasteiger partial charge in [-0.05, 0) is 6.42 Å². The highest BCUT2D eigenvalue weighted by Crippen LogP contribution is 2.09. The highest BCUT2D eigenvalue weighted by molar-refractivity contribution is 6.30. The van der Waals surface area contributed by atoms with Gasteiger partial charge in [0.25, 0.3) is 0 Å². The molecule has 1 heterocycles. The van der Waals surface area contributed by atoms with Gasteiger partial charge in [0.2, 0.25) is 5.95 Å². The molecule has 0 atom stereocenters. The Kier molecular flexibility index (Phi) is 4.62. The van der Waals surface area contributed by atoms with Gasteiger partial charge < -0.3 is 10.6 Å². The third kappa shape index (κ3) is 3.12. The number of hydrogen-bond acceptors (Lipinski definition) is 4. The van der Waals surface area contributed by atoms with Gasteiger partial charge in [-0.3, -0.25) is 0 Å². The monoisotopic (exact) mass is 214 g/mol. The summed E-state index contributed by atoms with van der Waals surface area (Å²) < 4.78 is 0. The second-order valence-electron chi connectivity index (χ2n) is 2.98. The van der Waals surface area contributed by atoms with Crippen LogP contribution in [-0.2, 0) is 0 Å². The fraction of sp³-hybridized carbons (Fsp3) is 0.556. The van der Waals surface area contributed by atoms with Crippen LogP contribution < -0.4 is 10.6 Å². The molecule has 0 aromatic carbocycles. The Morgan fingerprint density at radius 3 is 2.50 bits per heavy atom. The van der Waals surface area contributed by atoms with E-state index in [9.17, 15) is 0 Å². The third-order valence-electron chi connectivity index (χ3n) is 1.78. The molecule has 0 saturated carbocycles. The predicted molar refractivity (Wildman–Crippen MR) is 58.6 cm³/mol. The van der Waals surface area contributed by atoms with Crippen LogP contribution in [0.25, 0.3) is 0 Å². The lowest BCUT2D eigenvalue weighted by Gasteiger charge is -2.20. The van der Waals surface area contributed by atoms with Crippen molar-refractivity contribution in [2.75, 3.05) is 24.5 Å². The second kappa shape index (κ2) is 5.78. The number of hydrogen-bond donors (Lipinski definition) is 1. The number of halogens is 1. The predicted octanol–water partition coefficient (Wildman–Crippen LogP) is 1.31. The van der Waals surface area contributed by atoms with Crippen LogP contribution in [0.2, 0.25) is 5.02 Å². The minimum absolute atomic E-state index is 0.554. The van der Waals surface area contributed by atoms with E-state index in [-0.39, 0.29) is 0 Å². The standard InChI is InChI=1S/C9H15ClN4/c1-2-4-14(5-3-11)9-12-6-8(10)7-13-9/h6-7H,2-5,11H2,1H3. The highest BCUT2D eigenvalue weighted by Gasteiger charge is 2.06. The minimum Gasteiger partial charge on any atom is -0.340 e. The maximum absolute atomic E-state index is 5.70. The molecule has 0 aliphatic carbocycles. The first-order valence-corrected chi connectivity index (χ1v) is 5.08. The number of nitrogens with two attached hydrogens (primary N) is 1. The van der Waals surface area contributed by atoms with Crippen molar-refractivity contribution in [3.05, 3.63) is 17.4 Å². The molecule has 1 rings (SSSR count). The Hall–Kier alpha value is -0.870. The van der Waals surface area contributed by atoms with Crippen LogP contribution in [0.3, 0.4) is 0 Å². The molecule has 0 aliphatic rings. The summed E-state index contributed by atoms with van der Waals surface area (Å²) in [6.07, 6.45) is 4.25. The van der Waals surface area contributed by atoms with Gasteiger partial charge in [-0.2, -0.15) is 0 Å². The van der Waals surface area contributed by atoms with Crippen molar-refractivity contribution >= 4 is 17.5 Å². The molecule has 0 radical (unpaired) electrons. The van der Waals surface area contributed by atoms with E-state index in [1.165, 1.54) is 0 Å². The molecule has 1 aromatic rings. The van der Waals surface area contributed by atoms with Gasteiger partial charge in [-0.15, -0.1) is 0 Å². The van der Waals surface area contributed by atoms with E-state index in [2.05, 4.69) is 21.8 Å². The molecule has 0 bridgehead atoms. The van der Waals surface area contributed by atoms with Crippen LogP contribution in [-0.4, -0.2) is 29.6 Å². The lowest BCUT2D eigenvalue weighted by atomic mass is 10.4. The Balaban J connectivity index is 2.71. The molecule has 0 saturated heterocycles. The van der Waals surface area contributed by atoms with Crippen molar-refractivity contribution in [3.63, 3.8) is 0 Å². The summed E-state index contributed by atoms with van der Waals surface area (Å²) in [4.78, 5) is 10.3. The zero-order valence-electron chi connectivity index (χ0n) is 8.28. The van der Waals surface area contributed by atoms with Crippen molar-refractivity contribution < 1.29 is 0 Å². The molecular formula is C9H15ClN4. The molecular weight excluding hydrogens is 200 g/mol. The molecule has 2 N–H and O–H groups in total. The zero-order valence-corrected chi connectivity index (χ0v) is 9.04. The normalized spacial score (nSPS) is 10.2. The Morgan fingerprint density at radius 2 is 2.00 bits per heavy atom. The summed E-state index contributed by atoms with van der Waals surface area (Å²) in [7, 11) is 0. The Labute approximate surface area is 89.1 Å². The molecule has 14 heavy (non-hydrogen) atoms. The molecule has 0 unspecified atom stereocenters. The summed E-state index contributed by atoms with van der Waals surface area (Å²) in [6, 6.07) is 0. The Morgan fingerprint density at radius 1 is 1.36 bits per heavy atom. The molecule has 78 valence electrons. The first kappa shape index (κ1) is 11.2. The van der Waals surface area contributed by atoms with Crippen LogP contribution in [0, 0.1) is 0 Å². The van der Waals surface area contributed by atoms with Crippen LogP contribution >= 0.6 is 11.6 Å². The van der Waals surface area contributed by atoms with E-state index in [1.54, 1.807) is 12.4 Å². The van der Waals surface area contributed by atoms with Gasteiger partial charge in [0.1, 0.15) is 0 Å². The summed E-state index contributed by atoms with van der Waals surface area (Å²) in [6.45, 7) is 4.40. The largest absolute Gasteiger partial charge is 0.340 e. The fourth-order valence-corrected chi connectivity index (χ4v) is 1.30. The molecule has 5 heteroatoms. The van der Waals surface area contributed by atoms with Gasteiger partial charge in [0, 0.05) is 19.6 Å². The summed E-state index contributed by atoms with van der Waals surface area (Å²) in [5.41, 5.74) is 5.50. The van der Waals surface area contributed by atoms with Crippen molar-refractivity contribution in [1.82, 2.24) is 9.97 Å². The van der Waals surface area contributed by atoms with E-state index >= 15 is 0 Å². The first-order valence-electron chi connectivity index (χ1n) is 4.70. The number of nitrogens with zero attached hydrogens (tertiary/aromatic N) is 3. The van der Waals surface area contributed by atoms with Crippen molar-refractivity contribution in [3.8, 4) is 0 Å². The van der Waals surface area contributed by atoms with E-state index in [4.69, 9.17) is 17.3 Å². The molecule has 0 amide bonds. The van der Waals surface area contributed by atoms with Crippen LogP contribution in [0.15, 0.2) is 12.4 Å². The van der Waals surface area contributed by atoms with Crippen molar-refractivity contribution in [1.29, 1.82) is 0 Å². The van der Waals surface area contributed by atoms with Gasteiger partial charge in [-0.25, -0.2) is 9.97 Å². The number of rotatable bonds is 5. The molecule has 0 spiro atoms. The van der Waals surface area contributed by atoms with Gasteiger partial charge >= 0.3 is 0 Å². The van der Waals surface area contributed by atoms with Gasteiger partial charge in [0.05, 0.1) is 17.4 Å². The maximum Gasteiger partial charge on any atom is 0.225 e. The maximum atomic E-state index is 5.70. The first-order chi connectivity index (χ1) is 6.77. The van der Waals surface area contributed by atoms with Crippen molar-refractivity contribution in [2.24, 2.45) is 5.73 Å². The van der Waals surface area contributed by atoms with Crippen LogP contribution in [0.4, 0.5) is 5.95 Å². The van der Waals surface area contributed by atoms with E-state index < -0.39 is 0 Å². The number of anilines is 1. The van der Waals surface area contributed by atoms with Crippen LogP contribution in [0.5, 0.6) is 0 Å². The average molecular weight is 215 g/mol. The highest BCUT2D eigenvalue weighted by atomic mass is 35.5. The van der Waals surface area contributed by atoms with E-state index in [0.29, 0.717) is 17.5 Å². The fourth-order valence-electron chi connectivity index (χ4n) is 1.21. The molecule has 0 aliphatic heterocycles. The molecule has 0 fully saturated rings. The quantitative estimate of drug-likeness (QED) is 0.803. The van der Waals surface area contributed by atoms with E-state index in [1.807, 2.05) is 0 Å². The lowest BCUT2D eigenvalue weighted by Crippen LogP contribution is -2.31. The summed E-state index contributed by atoms with van der Waals surface area (Å²) in [5.74, 6) is 0.696. The second-order valence-corrected chi connectivity index (χ2v) is 3.41. The third-order valence-corrected chi connectivity index (χ3v) is 1.98. The summed E-state index contributed by atoms with van der Waals surface area (Å²) in [5, 5.41) is 0.554. The molecule has 1 aromatic heterocycles.